The first-order valence-electron chi connectivity index (χ1n) is 7.76. The molecule has 1 aliphatic heterocycles. The third-order valence-electron chi connectivity index (χ3n) is 4.01. The van der Waals surface area contributed by atoms with Crippen LogP contribution in [-0.2, 0) is 13.0 Å². The Hall–Kier alpha value is -1.42. The maximum absolute atomic E-state index is 4.78. The minimum Gasteiger partial charge on any atom is -0.311 e. The molecule has 3 heterocycles. The van der Waals surface area contributed by atoms with E-state index in [1.54, 1.807) is 0 Å². The van der Waals surface area contributed by atoms with E-state index in [-0.39, 0.29) is 0 Å². The molecular weight excluding hydrogens is 248 g/mol. The lowest BCUT2D eigenvalue weighted by atomic mass is 10.1. The molecule has 0 N–H and O–H groups in total. The van der Waals surface area contributed by atoms with E-state index in [0.29, 0.717) is 5.92 Å². The van der Waals surface area contributed by atoms with Gasteiger partial charge in [0.1, 0.15) is 11.3 Å². The molecule has 2 aromatic rings. The third-order valence-corrected chi connectivity index (χ3v) is 4.01. The highest BCUT2D eigenvalue weighted by molar-refractivity contribution is 5.71. The van der Waals surface area contributed by atoms with Gasteiger partial charge in [-0.15, -0.1) is 0 Å². The predicted octanol–water partition coefficient (Wildman–Crippen LogP) is 2.73. The molecule has 20 heavy (non-hydrogen) atoms. The lowest BCUT2D eigenvalue weighted by Gasteiger charge is -2.16. The van der Waals surface area contributed by atoms with Crippen molar-refractivity contribution < 1.29 is 0 Å². The van der Waals surface area contributed by atoms with Crippen LogP contribution in [0.25, 0.3) is 11.2 Å². The molecule has 0 saturated carbocycles. The van der Waals surface area contributed by atoms with Crippen molar-refractivity contribution in [3.63, 3.8) is 0 Å². The van der Waals surface area contributed by atoms with Gasteiger partial charge in [-0.25, -0.2) is 9.97 Å². The van der Waals surface area contributed by atoms with Gasteiger partial charge in [-0.1, -0.05) is 13.8 Å². The highest BCUT2D eigenvalue weighted by Crippen LogP contribution is 2.17. The molecule has 3 rings (SSSR count). The zero-order valence-electron chi connectivity index (χ0n) is 12.5. The number of aromatic nitrogens is 3. The number of pyridine rings is 1. The molecule has 1 saturated heterocycles. The molecule has 1 fully saturated rings. The Labute approximate surface area is 120 Å². The van der Waals surface area contributed by atoms with E-state index in [9.17, 15) is 0 Å². The molecule has 0 spiro atoms. The quantitative estimate of drug-likeness (QED) is 0.839. The number of likely N-dealkylation sites (tertiary alicyclic amines) is 1. The number of nitrogens with zero attached hydrogens (tertiary/aromatic N) is 4. The smallest absolute Gasteiger partial charge is 0.160 e. The summed E-state index contributed by atoms with van der Waals surface area (Å²) in [4.78, 5) is 11.9. The maximum atomic E-state index is 4.78. The second-order valence-electron chi connectivity index (χ2n) is 6.17. The lowest BCUT2D eigenvalue weighted by Crippen LogP contribution is -2.25. The lowest BCUT2D eigenvalue weighted by molar-refractivity contribution is 0.321. The summed E-state index contributed by atoms with van der Waals surface area (Å²) in [5.41, 5.74) is 2.08. The summed E-state index contributed by atoms with van der Waals surface area (Å²) in [6.07, 6.45) is 5.59. The summed E-state index contributed by atoms with van der Waals surface area (Å²) in [6.45, 7) is 9.12. The van der Waals surface area contributed by atoms with Gasteiger partial charge >= 0.3 is 0 Å². The van der Waals surface area contributed by atoms with Gasteiger partial charge in [-0.3, -0.25) is 0 Å². The molecule has 2 aromatic heterocycles. The van der Waals surface area contributed by atoms with Gasteiger partial charge in [-0.2, -0.15) is 0 Å². The summed E-state index contributed by atoms with van der Waals surface area (Å²) in [7, 11) is 0. The van der Waals surface area contributed by atoms with Crippen LogP contribution in [0, 0.1) is 5.92 Å². The van der Waals surface area contributed by atoms with E-state index in [2.05, 4.69) is 34.4 Å². The van der Waals surface area contributed by atoms with Crippen molar-refractivity contribution >= 4 is 11.2 Å². The van der Waals surface area contributed by atoms with E-state index in [1.165, 1.54) is 31.8 Å². The molecule has 0 bridgehead atoms. The van der Waals surface area contributed by atoms with Gasteiger partial charge in [-0.05, 0) is 44.0 Å². The molecule has 0 aromatic carbocycles. The minimum atomic E-state index is 0.623. The van der Waals surface area contributed by atoms with Crippen molar-refractivity contribution in [3.8, 4) is 0 Å². The maximum Gasteiger partial charge on any atom is 0.160 e. The monoisotopic (exact) mass is 272 g/mol. The van der Waals surface area contributed by atoms with E-state index in [1.807, 2.05) is 12.3 Å². The molecule has 108 valence electrons. The number of rotatable bonds is 5. The Morgan fingerprint density at radius 2 is 2.00 bits per heavy atom. The average molecular weight is 272 g/mol. The molecule has 0 atom stereocenters. The Balaban J connectivity index is 1.85. The van der Waals surface area contributed by atoms with E-state index in [0.717, 1.165) is 30.7 Å². The molecule has 0 unspecified atom stereocenters. The van der Waals surface area contributed by atoms with Crippen LogP contribution in [0.2, 0.25) is 0 Å². The van der Waals surface area contributed by atoms with Gasteiger partial charge in [0.05, 0.1) is 0 Å². The summed E-state index contributed by atoms with van der Waals surface area (Å²) in [5, 5.41) is 0. The molecule has 4 heteroatoms. The average Bonchev–Trinajstić information content (AvgIpc) is 3.03. The van der Waals surface area contributed by atoms with Crippen molar-refractivity contribution in [1.29, 1.82) is 0 Å². The standard InChI is InChI=1S/C16H24N4/c1-13(2)12-15-18-14-6-5-7-17-16(14)20(15)11-10-19-8-3-4-9-19/h5-7,13H,3-4,8-12H2,1-2H3. The first kappa shape index (κ1) is 13.6. The Kier molecular flexibility index (Phi) is 4.01. The first-order valence-corrected chi connectivity index (χ1v) is 7.76. The number of imidazole rings is 1. The molecule has 0 radical (unpaired) electrons. The number of fused-ring (bicyclic) bond motifs is 1. The fraction of sp³-hybridized carbons (Fsp3) is 0.625. The fourth-order valence-electron chi connectivity index (χ4n) is 3.01. The van der Waals surface area contributed by atoms with Crippen LogP contribution >= 0.6 is 0 Å². The van der Waals surface area contributed by atoms with E-state index < -0.39 is 0 Å². The topological polar surface area (TPSA) is 34.0 Å². The Bertz CT molecular complexity index is 567. The molecule has 0 aliphatic carbocycles. The summed E-state index contributed by atoms with van der Waals surface area (Å²) < 4.78 is 2.33. The van der Waals surface area contributed by atoms with Crippen LogP contribution in [0.5, 0.6) is 0 Å². The van der Waals surface area contributed by atoms with E-state index >= 15 is 0 Å². The molecule has 4 nitrogen and oxygen atoms in total. The SMILES string of the molecule is CC(C)Cc1nc2cccnc2n1CCN1CCCC1. The Morgan fingerprint density at radius 3 is 2.75 bits per heavy atom. The van der Waals surface area contributed by atoms with Gasteiger partial charge in [0.25, 0.3) is 0 Å². The van der Waals surface area contributed by atoms with Gasteiger partial charge in [0.15, 0.2) is 5.65 Å². The molecule has 1 aliphatic rings. The van der Waals surface area contributed by atoms with Crippen LogP contribution in [0.4, 0.5) is 0 Å². The molecule has 0 amide bonds. The van der Waals surface area contributed by atoms with Gasteiger partial charge in [0.2, 0.25) is 0 Å². The predicted molar refractivity (Wildman–Crippen MR) is 81.7 cm³/mol. The van der Waals surface area contributed by atoms with E-state index in [4.69, 9.17) is 4.98 Å². The first-order chi connectivity index (χ1) is 9.74. The van der Waals surface area contributed by atoms with Crippen molar-refractivity contribution in [1.82, 2.24) is 19.4 Å². The van der Waals surface area contributed by atoms with Gasteiger partial charge in [0, 0.05) is 25.7 Å². The minimum absolute atomic E-state index is 0.623. The number of hydrogen-bond donors (Lipinski definition) is 0. The summed E-state index contributed by atoms with van der Waals surface area (Å²) in [6, 6.07) is 4.04. The van der Waals surface area contributed by atoms with Crippen LogP contribution in [0.1, 0.15) is 32.5 Å². The largest absolute Gasteiger partial charge is 0.311 e. The highest BCUT2D eigenvalue weighted by Gasteiger charge is 2.15. The van der Waals surface area contributed by atoms with Crippen molar-refractivity contribution in [3.05, 3.63) is 24.2 Å². The Morgan fingerprint density at radius 1 is 1.20 bits per heavy atom. The van der Waals surface area contributed by atoms with Crippen LogP contribution in [0.15, 0.2) is 18.3 Å². The summed E-state index contributed by atoms with van der Waals surface area (Å²) >= 11 is 0. The van der Waals surface area contributed by atoms with Crippen LogP contribution < -0.4 is 0 Å². The third kappa shape index (κ3) is 2.85. The van der Waals surface area contributed by atoms with Crippen LogP contribution in [-0.4, -0.2) is 39.1 Å². The second-order valence-corrected chi connectivity index (χ2v) is 6.17. The zero-order valence-corrected chi connectivity index (χ0v) is 12.5. The van der Waals surface area contributed by atoms with Crippen molar-refractivity contribution in [2.75, 3.05) is 19.6 Å². The summed E-state index contributed by atoms with van der Waals surface area (Å²) in [5.74, 6) is 1.81. The van der Waals surface area contributed by atoms with Crippen molar-refractivity contribution in [2.45, 2.75) is 39.7 Å². The zero-order chi connectivity index (χ0) is 13.9. The van der Waals surface area contributed by atoms with Crippen molar-refractivity contribution in [2.24, 2.45) is 5.92 Å². The normalized spacial score (nSPS) is 16.6. The highest BCUT2D eigenvalue weighted by atomic mass is 15.2. The molecular formula is C16H24N4. The number of hydrogen-bond acceptors (Lipinski definition) is 3. The fourth-order valence-corrected chi connectivity index (χ4v) is 3.01. The van der Waals surface area contributed by atoms with Gasteiger partial charge < -0.3 is 9.47 Å². The van der Waals surface area contributed by atoms with Crippen LogP contribution in [0.3, 0.4) is 0 Å². The second kappa shape index (κ2) is 5.92.